The molecule has 1 aromatic heterocycles. The van der Waals surface area contributed by atoms with Gasteiger partial charge in [0.05, 0.1) is 6.61 Å². The fourth-order valence-corrected chi connectivity index (χ4v) is 1.57. The second-order valence-electron chi connectivity index (χ2n) is 3.59. The molecule has 5 nitrogen and oxygen atoms in total. The highest BCUT2D eigenvalue weighted by atomic mass is 35.5. The summed E-state index contributed by atoms with van der Waals surface area (Å²) in [6.45, 7) is 2.48. The maximum absolute atomic E-state index is 13.4. The Morgan fingerprint density at radius 3 is 2.79 bits per heavy atom. The smallest absolute Gasteiger partial charge is 0.322 e. The monoisotopic (exact) mass is 282 g/mol. The number of anilines is 1. The van der Waals surface area contributed by atoms with Crippen LogP contribution in [0.2, 0.25) is 5.28 Å². The summed E-state index contributed by atoms with van der Waals surface area (Å²) in [5, 5.41) is 2.90. The molecular formula is C12H12ClFN4O. The van der Waals surface area contributed by atoms with Crippen LogP contribution >= 0.6 is 11.6 Å². The van der Waals surface area contributed by atoms with E-state index in [1.807, 2.05) is 6.92 Å². The summed E-state index contributed by atoms with van der Waals surface area (Å²) in [5.41, 5.74) is 0.511. The van der Waals surface area contributed by atoms with E-state index in [-0.39, 0.29) is 29.6 Å². The Balaban J connectivity index is 2.09. The highest BCUT2D eigenvalue weighted by molar-refractivity contribution is 6.28. The molecule has 100 valence electrons. The van der Waals surface area contributed by atoms with Gasteiger partial charge < -0.3 is 10.1 Å². The van der Waals surface area contributed by atoms with Gasteiger partial charge in [-0.05, 0) is 24.6 Å². The van der Waals surface area contributed by atoms with Crippen molar-refractivity contribution in [2.45, 2.75) is 13.5 Å². The Morgan fingerprint density at radius 2 is 2.05 bits per heavy atom. The number of hydrogen-bond donors (Lipinski definition) is 1. The van der Waals surface area contributed by atoms with Crippen molar-refractivity contribution < 1.29 is 9.13 Å². The molecule has 0 bridgehead atoms. The van der Waals surface area contributed by atoms with Crippen molar-refractivity contribution in [2.75, 3.05) is 11.9 Å². The standard InChI is InChI=1S/C12H12ClFN4O/c1-2-19-12-17-10(13)16-11(18-12)15-7-8-5-3-4-6-9(8)14/h3-6H,2,7H2,1H3,(H,15,16,17,18). The fourth-order valence-electron chi connectivity index (χ4n) is 1.42. The van der Waals surface area contributed by atoms with Crippen LogP contribution in [-0.4, -0.2) is 21.6 Å². The first-order valence-electron chi connectivity index (χ1n) is 5.70. The Kier molecular flexibility index (Phi) is 4.46. The second-order valence-corrected chi connectivity index (χ2v) is 3.93. The first-order chi connectivity index (χ1) is 9.19. The van der Waals surface area contributed by atoms with Gasteiger partial charge in [-0.25, -0.2) is 4.39 Å². The zero-order valence-electron chi connectivity index (χ0n) is 10.2. The third kappa shape index (κ3) is 3.75. The van der Waals surface area contributed by atoms with Crippen molar-refractivity contribution in [3.05, 3.63) is 40.9 Å². The van der Waals surface area contributed by atoms with Gasteiger partial charge in [0.25, 0.3) is 0 Å². The van der Waals surface area contributed by atoms with Gasteiger partial charge in [0, 0.05) is 12.1 Å². The van der Waals surface area contributed by atoms with Gasteiger partial charge in [-0.1, -0.05) is 18.2 Å². The van der Waals surface area contributed by atoms with Crippen LogP contribution in [0, 0.1) is 5.82 Å². The Morgan fingerprint density at radius 1 is 1.26 bits per heavy atom. The molecule has 0 fully saturated rings. The summed E-state index contributed by atoms with van der Waals surface area (Å²) in [5.74, 6) is -0.0492. The highest BCUT2D eigenvalue weighted by Gasteiger charge is 2.06. The van der Waals surface area contributed by atoms with Gasteiger partial charge in [0.2, 0.25) is 11.2 Å². The van der Waals surface area contributed by atoms with Gasteiger partial charge >= 0.3 is 6.01 Å². The average molecular weight is 283 g/mol. The average Bonchev–Trinajstić information content (AvgIpc) is 2.37. The molecule has 0 aliphatic heterocycles. The van der Waals surface area contributed by atoms with E-state index in [9.17, 15) is 4.39 Å². The number of rotatable bonds is 5. The van der Waals surface area contributed by atoms with Crippen LogP contribution in [0.5, 0.6) is 6.01 Å². The number of hydrogen-bond acceptors (Lipinski definition) is 5. The number of nitrogens with zero attached hydrogens (tertiary/aromatic N) is 3. The Hall–Kier alpha value is -1.95. The predicted octanol–water partition coefficient (Wildman–Crippen LogP) is 2.67. The lowest BCUT2D eigenvalue weighted by molar-refractivity contribution is 0.312. The Bertz CT molecular complexity index is 567. The molecular weight excluding hydrogens is 271 g/mol. The van der Waals surface area contributed by atoms with Gasteiger partial charge in [0.1, 0.15) is 5.82 Å². The number of halogens is 2. The minimum atomic E-state index is -0.291. The van der Waals surface area contributed by atoms with E-state index >= 15 is 0 Å². The summed E-state index contributed by atoms with van der Waals surface area (Å²) in [4.78, 5) is 11.7. The van der Waals surface area contributed by atoms with Crippen LogP contribution in [0.1, 0.15) is 12.5 Å². The van der Waals surface area contributed by atoms with Crippen molar-refractivity contribution in [2.24, 2.45) is 0 Å². The fraction of sp³-hybridized carbons (Fsp3) is 0.250. The molecule has 7 heteroatoms. The largest absolute Gasteiger partial charge is 0.464 e. The second kappa shape index (κ2) is 6.29. The number of nitrogens with one attached hydrogen (secondary N) is 1. The van der Waals surface area contributed by atoms with Gasteiger partial charge in [-0.3, -0.25) is 0 Å². The molecule has 2 aromatic rings. The lowest BCUT2D eigenvalue weighted by Crippen LogP contribution is -2.08. The highest BCUT2D eigenvalue weighted by Crippen LogP contribution is 2.13. The summed E-state index contributed by atoms with van der Waals surface area (Å²) in [7, 11) is 0. The van der Waals surface area contributed by atoms with E-state index in [4.69, 9.17) is 16.3 Å². The Labute approximate surface area is 114 Å². The third-order valence-corrected chi connectivity index (χ3v) is 2.42. The van der Waals surface area contributed by atoms with Crippen LogP contribution in [-0.2, 0) is 6.54 Å². The van der Waals surface area contributed by atoms with Crippen molar-refractivity contribution in [3.8, 4) is 6.01 Å². The summed E-state index contributed by atoms with van der Waals surface area (Å²) < 4.78 is 18.6. The van der Waals surface area contributed by atoms with E-state index < -0.39 is 0 Å². The minimum absolute atomic E-state index is 0.0227. The number of benzene rings is 1. The van der Waals surface area contributed by atoms with Crippen LogP contribution < -0.4 is 10.1 Å². The minimum Gasteiger partial charge on any atom is -0.464 e. The van der Waals surface area contributed by atoms with Gasteiger partial charge in [-0.2, -0.15) is 15.0 Å². The molecule has 1 heterocycles. The summed E-state index contributed by atoms with van der Waals surface area (Å²) in [6, 6.07) is 6.59. The number of aromatic nitrogens is 3. The van der Waals surface area contributed by atoms with Crippen LogP contribution in [0.4, 0.5) is 10.3 Å². The van der Waals surface area contributed by atoms with Crippen LogP contribution in [0.25, 0.3) is 0 Å². The maximum atomic E-state index is 13.4. The molecule has 0 amide bonds. The molecule has 2 rings (SSSR count). The number of ether oxygens (including phenoxy) is 1. The molecule has 0 aliphatic carbocycles. The summed E-state index contributed by atoms with van der Waals surface area (Å²) in [6.07, 6.45) is 0. The molecule has 0 radical (unpaired) electrons. The van der Waals surface area contributed by atoms with E-state index in [1.54, 1.807) is 18.2 Å². The van der Waals surface area contributed by atoms with Crippen molar-refractivity contribution >= 4 is 17.5 Å². The quantitative estimate of drug-likeness (QED) is 0.913. The van der Waals surface area contributed by atoms with E-state index in [1.165, 1.54) is 6.07 Å². The topological polar surface area (TPSA) is 59.9 Å². The lowest BCUT2D eigenvalue weighted by atomic mass is 10.2. The lowest BCUT2D eigenvalue weighted by Gasteiger charge is -2.07. The molecule has 1 N–H and O–H groups in total. The van der Waals surface area contributed by atoms with Crippen LogP contribution in [0.3, 0.4) is 0 Å². The predicted molar refractivity (Wildman–Crippen MR) is 69.7 cm³/mol. The molecule has 0 unspecified atom stereocenters. The SMILES string of the molecule is CCOc1nc(Cl)nc(NCc2ccccc2F)n1. The third-order valence-electron chi connectivity index (χ3n) is 2.26. The first-order valence-corrected chi connectivity index (χ1v) is 6.08. The normalized spacial score (nSPS) is 10.3. The van der Waals surface area contributed by atoms with Crippen molar-refractivity contribution in [3.63, 3.8) is 0 Å². The molecule has 0 aliphatic rings. The molecule has 19 heavy (non-hydrogen) atoms. The zero-order chi connectivity index (χ0) is 13.7. The molecule has 0 spiro atoms. The van der Waals surface area contributed by atoms with Crippen molar-refractivity contribution in [1.82, 2.24) is 15.0 Å². The van der Waals surface area contributed by atoms with Crippen LogP contribution in [0.15, 0.2) is 24.3 Å². The van der Waals surface area contributed by atoms with Gasteiger partial charge in [0.15, 0.2) is 0 Å². The van der Waals surface area contributed by atoms with Gasteiger partial charge in [-0.15, -0.1) is 0 Å². The molecule has 0 atom stereocenters. The molecule has 0 saturated heterocycles. The zero-order valence-corrected chi connectivity index (χ0v) is 11.0. The first kappa shape index (κ1) is 13.5. The maximum Gasteiger partial charge on any atom is 0.322 e. The summed E-state index contributed by atoms with van der Waals surface area (Å²) >= 11 is 5.74. The van der Waals surface area contributed by atoms with E-state index in [2.05, 4.69) is 20.3 Å². The molecule has 1 aromatic carbocycles. The van der Waals surface area contributed by atoms with E-state index in [0.29, 0.717) is 12.2 Å². The van der Waals surface area contributed by atoms with Crippen molar-refractivity contribution in [1.29, 1.82) is 0 Å². The molecule has 0 saturated carbocycles. The van der Waals surface area contributed by atoms with E-state index in [0.717, 1.165) is 0 Å².